The van der Waals surface area contributed by atoms with Crippen LogP contribution in [0.15, 0.2) is 24.5 Å². The summed E-state index contributed by atoms with van der Waals surface area (Å²) in [5, 5.41) is 3.83. The number of nitrogens with zero attached hydrogens (tertiary/aromatic N) is 2. The second kappa shape index (κ2) is 17.1. The molecule has 2 aliphatic rings. The zero-order chi connectivity index (χ0) is 28.8. The standard InChI is InChI=1S/C19H22FN3O2.C9H18.C2H6.CH5N/c1-5-13-16(22-12(4)17(13)20)9-25-19-14-6-10(2)15(8-24)23-18(14)11(3)7-21-19;1-8(2)9-6-4-3-5-7-9;2*1-2/h6-8,13,16-17,22H,4-5,9H2,1-3H3;8-9H,3-7H2,1-2H3;1-2H3;2H2,1H3. The lowest BCUT2D eigenvalue weighted by Crippen LogP contribution is -2.33. The van der Waals surface area contributed by atoms with Crippen molar-refractivity contribution in [3.8, 4) is 5.88 Å². The van der Waals surface area contributed by atoms with Gasteiger partial charge in [0.15, 0.2) is 6.29 Å². The lowest BCUT2D eigenvalue weighted by molar-refractivity contribution is 0.111. The smallest absolute Gasteiger partial charge is 0.223 e. The Hall–Kier alpha value is -2.54. The molecule has 3 atom stereocenters. The maximum absolute atomic E-state index is 14.1. The number of carbonyl (C=O) groups is 1. The van der Waals surface area contributed by atoms with Crippen LogP contribution in [0.4, 0.5) is 4.39 Å². The van der Waals surface area contributed by atoms with Crippen molar-refractivity contribution in [1.29, 1.82) is 0 Å². The molecular formula is C31H51FN4O2. The molecule has 4 rings (SSSR count). The van der Waals surface area contributed by atoms with E-state index in [0.29, 0.717) is 29.2 Å². The van der Waals surface area contributed by atoms with Crippen molar-refractivity contribution >= 4 is 17.2 Å². The summed E-state index contributed by atoms with van der Waals surface area (Å²) in [5.74, 6) is 2.27. The lowest BCUT2D eigenvalue weighted by atomic mass is 9.82. The Labute approximate surface area is 230 Å². The fourth-order valence-corrected chi connectivity index (χ4v) is 5.13. The number of halogens is 1. The van der Waals surface area contributed by atoms with E-state index in [-0.39, 0.29) is 18.6 Å². The number of nitrogens with one attached hydrogen (secondary N) is 1. The highest BCUT2D eigenvalue weighted by Gasteiger charge is 2.38. The van der Waals surface area contributed by atoms with Gasteiger partial charge in [-0.3, -0.25) is 4.79 Å². The molecule has 0 bridgehead atoms. The van der Waals surface area contributed by atoms with Gasteiger partial charge >= 0.3 is 0 Å². The number of hydrogen-bond donors (Lipinski definition) is 2. The topological polar surface area (TPSA) is 90.1 Å². The molecule has 1 aliphatic carbocycles. The first-order valence-electron chi connectivity index (χ1n) is 14.3. The molecule has 0 amide bonds. The molecule has 0 spiro atoms. The van der Waals surface area contributed by atoms with Crippen LogP contribution in [0.2, 0.25) is 0 Å². The first-order chi connectivity index (χ1) is 18.3. The molecule has 2 aromatic rings. The second-order valence-corrected chi connectivity index (χ2v) is 10.2. The highest BCUT2D eigenvalue weighted by atomic mass is 19.1. The number of alkyl halides is 1. The Bertz CT molecular complexity index is 1010. The number of ether oxygens (including phenoxy) is 1. The number of rotatable bonds is 6. The Balaban J connectivity index is 0.000000464. The second-order valence-electron chi connectivity index (χ2n) is 10.2. The van der Waals surface area contributed by atoms with Crippen LogP contribution in [-0.2, 0) is 0 Å². The van der Waals surface area contributed by atoms with E-state index in [9.17, 15) is 9.18 Å². The monoisotopic (exact) mass is 530 g/mol. The molecule has 3 unspecified atom stereocenters. The third kappa shape index (κ3) is 8.75. The first kappa shape index (κ1) is 33.5. The molecule has 214 valence electrons. The molecule has 38 heavy (non-hydrogen) atoms. The van der Waals surface area contributed by atoms with Gasteiger partial charge in [-0.05, 0) is 56.3 Å². The van der Waals surface area contributed by atoms with Crippen molar-refractivity contribution in [2.45, 2.75) is 99.2 Å². The van der Waals surface area contributed by atoms with E-state index in [1.54, 1.807) is 6.20 Å². The van der Waals surface area contributed by atoms with Gasteiger partial charge in [0.1, 0.15) is 18.5 Å². The van der Waals surface area contributed by atoms with E-state index in [0.717, 1.165) is 34.6 Å². The zero-order valence-corrected chi connectivity index (χ0v) is 24.9. The number of aryl methyl sites for hydroxylation is 2. The average molecular weight is 531 g/mol. The molecule has 2 aromatic heterocycles. The Morgan fingerprint density at radius 1 is 1.18 bits per heavy atom. The average Bonchev–Trinajstić information content (AvgIpc) is 3.23. The minimum absolute atomic E-state index is 0.144. The minimum atomic E-state index is -1.06. The Morgan fingerprint density at radius 2 is 1.82 bits per heavy atom. The number of nitrogens with two attached hydrogens (primary N) is 1. The quantitative estimate of drug-likeness (QED) is 0.387. The third-order valence-corrected chi connectivity index (χ3v) is 7.40. The SMILES string of the molecule is C=C1NC(COc2ncc(C)c3nc(C=O)c(C)cc23)C(CC)C1F.CC.CC(C)C1CCCCC1.CN. The molecule has 1 saturated carbocycles. The molecule has 1 aliphatic heterocycles. The van der Waals surface area contributed by atoms with Crippen molar-refractivity contribution in [3.05, 3.63) is 41.4 Å². The summed E-state index contributed by atoms with van der Waals surface area (Å²) < 4.78 is 20.0. The van der Waals surface area contributed by atoms with Crippen molar-refractivity contribution < 1.29 is 13.9 Å². The summed E-state index contributed by atoms with van der Waals surface area (Å²) in [4.78, 5) is 19.9. The summed E-state index contributed by atoms with van der Waals surface area (Å²) in [6.45, 7) is 18.4. The zero-order valence-electron chi connectivity index (χ0n) is 24.9. The van der Waals surface area contributed by atoms with Crippen LogP contribution < -0.4 is 15.8 Å². The van der Waals surface area contributed by atoms with E-state index in [2.05, 4.69) is 41.4 Å². The summed E-state index contributed by atoms with van der Waals surface area (Å²) in [5.41, 5.74) is 7.65. The van der Waals surface area contributed by atoms with Crippen LogP contribution in [-0.4, -0.2) is 42.1 Å². The van der Waals surface area contributed by atoms with Gasteiger partial charge < -0.3 is 15.8 Å². The van der Waals surface area contributed by atoms with Crippen LogP contribution in [0.25, 0.3) is 10.9 Å². The minimum Gasteiger partial charge on any atom is -0.475 e. The Kier molecular flexibility index (Phi) is 15.1. The molecule has 3 heterocycles. The number of aromatic nitrogens is 2. The highest BCUT2D eigenvalue weighted by molar-refractivity contribution is 5.90. The number of allylic oxidation sites excluding steroid dienone is 1. The maximum atomic E-state index is 14.1. The van der Waals surface area contributed by atoms with Crippen LogP contribution in [0, 0.1) is 31.6 Å². The normalized spacial score (nSPS) is 20.8. The lowest BCUT2D eigenvalue weighted by Gasteiger charge is -2.24. The predicted molar refractivity (Wildman–Crippen MR) is 158 cm³/mol. The molecule has 0 radical (unpaired) electrons. The maximum Gasteiger partial charge on any atom is 0.223 e. The van der Waals surface area contributed by atoms with E-state index in [4.69, 9.17) is 4.74 Å². The molecule has 0 aromatic carbocycles. The van der Waals surface area contributed by atoms with E-state index < -0.39 is 6.17 Å². The van der Waals surface area contributed by atoms with E-state index in [1.165, 1.54) is 39.2 Å². The van der Waals surface area contributed by atoms with Gasteiger partial charge in [-0.1, -0.05) is 73.3 Å². The van der Waals surface area contributed by atoms with Gasteiger partial charge in [-0.15, -0.1) is 0 Å². The Morgan fingerprint density at radius 3 is 2.34 bits per heavy atom. The van der Waals surface area contributed by atoms with Gasteiger partial charge in [0, 0.05) is 17.8 Å². The molecular weight excluding hydrogens is 479 g/mol. The third-order valence-electron chi connectivity index (χ3n) is 7.40. The summed E-state index contributed by atoms with van der Waals surface area (Å²) in [7, 11) is 1.50. The van der Waals surface area contributed by atoms with Gasteiger partial charge in [0.05, 0.1) is 16.9 Å². The molecule has 6 nitrogen and oxygen atoms in total. The highest BCUT2D eigenvalue weighted by Crippen LogP contribution is 2.31. The molecule has 3 N–H and O–H groups in total. The summed E-state index contributed by atoms with van der Waals surface area (Å²) >= 11 is 0. The summed E-state index contributed by atoms with van der Waals surface area (Å²) in [6, 6.07) is 1.71. The molecule has 7 heteroatoms. The van der Waals surface area contributed by atoms with Crippen LogP contribution in [0.1, 0.15) is 94.8 Å². The first-order valence-corrected chi connectivity index (χ1v) is 14.3. The van der Waals surface area contributed by atoms with E-state index >= 15 is 0 Å². The van der Waals surface area contributed by atoms with Gasteiger partial charge in [-0.2, -0.15) is 0 Å². The van der Waals surface area contributed by atoms with Crippen LogP contribution in [0.5, 0.6) is 5.88 Å². The number of aldehydes is 1. The number of carbonyl (C=O) groups excluding carboxylic acids is 1. The summed E-state index contributed by atoms with van der Waals surface area (Å²) in [6.07, 6.45) is 9.53. The fraction of sp³-hybridized carbons (Fsp3) is 0.645. The van der Waals surface area contributed by atoms with Gasteiger partial charge in [0.2, 0.25) is 5.88 Å². The van der Waals surface area contributed by atoms with Gasteiger partial charge in [0.25, 0.3) is 0 Å². The number of pyridine rings is 2. The molecule has 2 fully saturated rings. The van der Waals surface area contributed by atoms with Crippen LogP contribution >= 0.6 is 0 Å². The number of hydrogen-bond acceptors (Lipinski definition) is 6. The predicted octanol–water partition coefficient (Wildman–Crippen LogP) is 7.11. The fourth-order valence-electron chi connectivity index (χ4n) is 5.13. The van der Waals surface area contributed by atoms with E-state index in [1.807, 2.05) is 40.7 Å². The van der Waals surface area contributed by atoms with Crippen molar-refractivity contribution in [3.63, 3.8) is 0 Å². The molecule has 1 saturated heterocycles. The van der Waals surface area contributed by atoms with Gasteiger partial charge in [-0.25, -0.2) is 14.4 Å². The van der Waals surface area contributed by atoms with Crippen molar-refractivity contribution in [1.82, 2.24) is 15.3 Å². The van der Waals surface area contributed by atoms with Crippen molar-refractivity contribution in [2.75, 3.05) is 13.7 Å². The van der Waals surface area contributed by atoms with Crippen LogP contribution in [0.3, 0.4) is 0 Å². The van der Waals surface area contributed by atoms with Crippen molar-refractivity contribution in [2.24, 2.45) is 23.5 Å². The largest absolute Gasteiger partial charge is 0.475 e. The number of fused-ring (bicyclic) bond motifs is 1.